The van der Waals surface area contributed by atoms with E-state index in [9.17, 15) is 0 Å². The first-order chi connectivity index (χ1) is 6.63. The number of anilines is 1. The molecular weight excluding hydrogens is 178 g/mol. The Balaban J connectivity index is 2.37. The monoisotopic (exact) mass is 191 g/mol. The van der Waals surface area contributed by atoms with E-state index in [1.807, 2.05) is 14.0 Å². The summed E-state index contributed by atoms with van der Waals surface area (Å²) in [7, 11) is 1.85. The third kappa shape index (κ3) is 1.16. The van der Waals surface area contributed by atoms with Gasteiger partial charge in [-0.1, -0.05) is 0 Å². The molecule has 0 spiro atoms. The largest absolute Gasteiger partial charge is 0.352 e. The Morgan fingerprint density at radius 3 is 2.71 bits per heavy atom. The second kappa shape index (κ2) is 3.00. The summed E-state index contributed by atoms with van der Waals surface area (Å²) in [5.74, 6) is 0.895. The molecule has 0 atom stereocenters. The molecule has 14 heavy (non-hydrogen) atoms. The fraction of sp³-hybridized carbons (Fsp3) is 0.556. The third-order valence-corrected chi connectivity index (χ3v) is 2.51. The molecule has 0 radical (unpaired) electrons. The van der Waals surface area contributed by atoms with Crippen molar-refractivity contribution >= 4 is 5.82 Å². The molecule has 5 nitrogen and oxygen atoms in total. The molecule has 0 aliphatic carbocycles. The van der Waals surface area contributed by atoms with Gasteiger partial charge >= 0.3 is 0 Å². The Kier molecular flexibility index (Phi) is 1.93. The average Bonchev–Trinajstić information content (AvgIpc) is 2.35. The maximum absolute atomic E-state index is 8.99. The third-order valence-electron chi connectivity index (χ3n) is 2.51. The summed E-state index contributed by atoms with van der Waals surface area (Å²) in [6.07, 6.45) is 0. The number of rotatable bonds is 1. The predicted molar refractivity (Wildman–Crippen MR) is 52.8 cm³/mol. The molecular formula is C9H13N5. The molecule has 1 aromatic heterocycles. The molecule has 1 aromatic rings. The van der Waals surface area contributed by atoms with E-state index in [2.05, 4.69) is 16.1 Å². The standard InChI is InChI=1S/C9H13N5/c1-6-8(3-10)9(13(2)12-6)14-4-7(11)5-14/h7H,4-5,11H2,1-2H3. The molecule has 0 saturated carbocycles. The lowest BCUT2D eigenvalue weighted by atomic mass is 10.1. The number of nitrogens with zero attached hydrogens (tertiary/aromatic N) is 4. The van der Waals surface area contributed by atoms with Crippen LogP contribution in [0.5, 0.6) is 0 Å². The van der Waals surface area contributed by atoms with Crippen LogP contribution >= 0.6 is 0 Å². The molecule has 1 aliphatic rings. The highest BCUT2D eigenvalue weighted by atomic mass is 15.4. The van der Waals surface area contributed by atoms with Crippen molar-refractivity contribution in [1.29, 1.82) is 5.26 Å². The Bertz CT molecular complexity index is 394. The van der Waals surface area contributed by atoms with Crippen LogP contribution in [0.2, 0.25) is 0 Å². The van der Waals surface area contributed by atoms with Crippen LogP contribution in [-0.4, -0.2) is 28.9 Å². The van der Waals surface area contributed by atoms with Gasteiger partial charge in [-0.3, -0.25) is 4.68 Å². The lowest BCUT2D eigenvalue weighted by molar-refractivity contribution is 0.503. The van der Waals surface area contributed by atoms with Gasteiger partial charge in [0, 0.05) is 26.2 Å². The number of nitriles is 1. The van der Waals surface area contributed by atoms with E-state index in [1.165, 1.54) is 0 Å². The summed E-state index contributed by atoms with van der Waals surface area (Å²) >= 11 is 0. The molecule has 74 valence electrons. The lowest BCUT2D eigenvalue weighted by Crippen LogP contribution is -2.56. The molecule has 1 saturated heterocycles. The second-order valence-electron chi connectivity index (χ2n) is 3.68. The van der Waals surface area contributed by atoms with Crippen molar-refractivity contribution in [3.8, 4) is 6.07 Å². The van der Waals surface area contributed by atoms with Crippen LogP contribution in [0.25, 0.3) is 0 Å². The molecule has 0 aromatic carbocycles. The van der Waals surface area contributed by atoms with Gasteiger partial charge in [0.25, 0.3) is 0 Å². The fourth-order valence-corrected chi connectivity index (χ4v) is 1.83. The Labute approximate surface area is 82.7 Å². The molecule has 5 heteroatoms. The van der Waals surface area contributed by atoms with E-state index in [4.69, 9.17) is 11.0 Å². The molecule has 2 rings (SSSR count). The highest BCUT2D eigenvalue weighted by Gasteiger charge is 2.28. The van der Waals surface area contributed by atoms with Crippen LogP contribution < -0.4 is 10.6 Å². The van der Waals surface area contributed by atoms with Gasteiger partial charge in [0.1, 0.15) is 17.5 Å². The minimum atomic E-state index is 0.233. The van der Waals surface area contributed by atoms with Gasteiger partial charge in [0.2, 0.25) is 0 Å². The van der Waals surface area contributed by atoms with Gasteiger partial charge in [-0.25, -0.2) is 0 Å². The smallest absolute Gasteiger partial charge is 0.145 e. The van der Waals surface area contributed by atoms with Gasteiger partial charge in [0.15, 0.2) is 0 Å². The van der Waals surface area contributed by atoms with Crippen LogP contribution in [0.15, 0.2) is 0 Å². The van der Waals surface area contributed by atoms with Crippen molar-refractivity contribution < 1.29 is 0 Å². The van der Waals surface area contributed by atoms with E-state index >= 15 is 0 Å². The summed E-state index contributed by atoms with van der Waals surface area (Å²) in [4.78, 5) is 2.09. The van der Waals surface area contributed by atoms with Crippen LogP contribution in [0, 0.1) is 18.3 Å². The minimum absolute atomic E-state index is 0.233. The van der Waals surface area contributed by atoms with Crippen LogP contribution in [-0.2, 0) is 7.05 Å². The van der Waals surface area contributed by atoms with E-state index < -0.39 is 0 Å². The van der Waals surface area contributed by atoms with Gasteiger partial charge in [-0.15, -0.1) is 0 Å². The quantitative estimate of drug-likeness (QED) is 0.664. The number of hydrogen-bond donors (Lipinski definition) is 1. The number of aromatic nitrogens is 2. The molecule has 0 unspecified atom stereocenters. The Morgan fingerprint density at radius 1 is 1.57 bits per heavy atom. The Morgan fingerprint density at radius 2 is 2.21 bits per heavy atom. The number of aryl methyl sites for hydroxylation is 2. The van der Waals surface area contributed by atoms with Crippen molar-refractivity contribution in [2.45, 2.75) is 13.0 Å². The van der Waals surface area contributed by atoms with Gasteiger partial charge in [-0.05, 0) is 6.92 Å². The SMILES string of the molecule is Cc1nn(C)c(N2CC(N)C2)c1C#N. The average molecular weight is 191 g/mol. The normalized spacial score (nSPS) is 16.6. The lowest BCUT2D eigenvalue weighted by Gasteiger charge is -2.38. The highest BCUT2D eigenvalue weighted by Crippen LogP contribution is 2.25. The first-order valence-electron chi connectivity index (χ1n) is 4.57. The van der Waals surface area contributed by atoms with Crippen LogP contribution in [0.1, 0.15) is 11.3 Å². The van der Waals surface area contributed by atoms with Crippen molar-refractivity contribution in [1.82, 2.24) is 9.78 Å². The highest BCUT2D eigenvalue weighted by molar-refractivity contribution is 5.58. The summed E-state index contributed by atoms with van der Waals surface area (Å²) < 4.78 is 1.75. The minimum Gasteiger partial charge on any atom is -0.352 e. The predicted octanol–water partition coefficient (Wildman–Crippen LogP) is -0.252. The zero-order chi connectivity index (χ0) is 10.3. The molecule has 1 aliphatic heterocycles. The number of hydrogen-bond acceptors (Lipinski definition) is 4. The van der Waals surface area contributed by atoms with Crippen LogP contribution in [0.3, 0.4) is 0 Å². The maximum Gasteiger partial charge on any atom is 0.145 e. The van der Waals surface area contributed by atoms with Gasteiger partial charge < -0.3 is 10.6 Å². The fourth-order valence-electron chi connectivity index (χ4n) is 1.83. The first kappa shape index (κ1) is 9.03. The van der Waals surface area contributed by atoms with E-state index in [-0.39, 0.29) is 6.04 Å². The van der Waals surface area contributed by atoms with Crippen molar-refractivity contribution in [2.75, 3.05) is 18.0 Å². The van der Waals surface area contributed by atoms with E-state index in [0.717, 1.165) is 24.6 Å². The zero-order valence-corrected chi connectivity index (χ0v) is 8.36. The Hall–Kier alpha value is -1.54. The molecule has 2 N–H and O–H groups in total. The molecule has 0 amide bonds. The van der Waals surface area contributed by atoms with Gasteiger partial charge in [-0.2, -0.15) is 10.4 Å². The molecule has 0 bridgehead atoms. The first-order valence-corrected chi connectivity index (χ1v) is 4.57. The summed E-state index contributed by atoms with van der Waals surface area (Å²) in [6, 6.07) is 2.42. The summed E-state index contributed by atoms with van der Waals surface area (Å²) in [5.41, 5.74) is 7.15. The summed E-state index contributed by atoms with van der Waals surface area (Å²) in [5, 5.41) is 13.2. The van der Waals surface area contributed by atoms with Crippen molar-refractivity contribution in [3.63, 3.8) is 0 Å². The maximum atomic E-state index is 8.99. The van der Waals surface area contributed by atoms with E-state index in [1.54, 1.807) is 4.68 Å². The number of nitrogens with two attached hydrogens (primary N) is 1. The second-order valence-corrected chi connectivity index (χ2v) is 3.68. The zero-order valence-electron chi connectivity index (χ0n) is 8.36. The molecule has 2 heterocycles. The van der Waals surface area contributed by atoms with Crippen molar-refractivity contribution in [2.24, 2.45) is 12.8 Å². The van der Waals surface area contributed by atoms with Crippen LogP contribution in [0.4, 0.5) is 5.82 Å². The molecule has 1 fully saturated rings. The van der Waals surface area contributed by atoms with E-state index in [0.29, 0.717) is 5.56 Å². The topological polar surface area (TPSA) is 70.9 Å². The van der Waals surface area contributed by atoms with Gasteiger partial charge in [0.05, 0.1) is 5.69 Å². The summed E-state index contributed by atoms with van der Waals surface area (Å²) in [6.45, 7) is 3.48. The van der Waals surface area contributed by atoms with Crippen molar-refractivity contribution in [3.05, 3.63) is 11.3 Å².